The molecule has 2 aromatic heterocycles. The van der Waals surface area contributed by atoms with Crippen LogP contribution in [0.3, 0.4) is 0 Å². The predicted molar refractivity (Wildman–Crippen MR) is 100 cm³/mol. The van der Waals surface area contributed by atoms with Crippen molar-refractivity contribution in [2.45, 2.75) is 31.8 Å². The summed E-state index contributed by atoms with van der Waals surface area (Å²) < 4.78 is 2.28. The third kappa shape index (κ3) is 3.64. The number of aromatic nitrogens is 3. The molecule has 0 N–H and O–H groups in total. The zero-order valence-corrected chi connectivity index (χ0v) is 14.5. The number of benzene rings is 1. The average molecular weight is 332 g/mol. The number of hydrogen-bond acceptors (Lipinski definition) is 3. The van der Waals surface area contributed by atoms with Crippen LogP contribution in [0, 0.1) is 0 Å². The molecule has 4 rings (SSSR count). The van der Waals surface area contributed by atoms with Gasteiger partial charge in [0, 0.05) is 36.9 Å². The molecule has 25 heavy (non-hydrogen) atoms. The molecule has 1 aromatic carbocycles. The van der Waals surface area contributed by atoms with Gasteiger partial charge in [0.05, 0.1) is 6.04 Å². The van der Waals surface area contributed by atoms with Crippen LogP contribution in [0.4, 0.5) is 0 Å². The predicted octanol–water partition coefficient (Wildman–Crippen LogP) is 4.17. The molecular formula is C21H24N4. The molecule has 1 fully saturated rings. The second-order valence-electron chi connectivity index (χ2n) is 6.66. The third-order valence-electron chi connectivity index (χ3n) is 5.04. The Kier molecular flexibility index (Phi) is 4.89. The average Bonchev–Trinajstić information content (AvgIpc) is 3.16. The van der Waals surface area contributed by atoms with Crippen molar-refractivity contribution in [1.82, 2.24) is 19.4 Å². The maximum atomic E-state index is 4.59. The summed E-state index contributed by atoms with van der Waals surface area (Å²) in [6.07, 6.45) is 11.6. The maximum Gasteiger partial charge on any atom is 0.140 e. The van der Waals surface area contributed by atoms with E-state index in [1.165, 1.54) is 37.9 Å². The lowest BCUT2D eigenvalue weighted by molar-refractivity contribution is 0.149. The summed E-state index contributed by atoms with van der Waals surface area (Å²) in [6, 6.07) is 15.3. The smallest absolute Gasteiger partial charge is 0.140 e. The molecular weight excluding hydrogens is 308 g/mol. The van der Waals surface area contributed by atoms with E-state index in [0.29, 0.717) is 6.04 Å². The van der Waals surface area contributed by atoms with Gasteiger partial charge in [0.15, 0.2) is 0 Å². The van der Waals surface area contributed by atoms with Gasteiger partial charge in [-0.25, -0.2) is 4.98 Å². The van der Waals surface area contributed by atoms with Gasteiger partial charge in [-0.1, -0.05) is 36.8 Å². The first-order valence-electron chi connectivity index (χ1n) is 9.12. The topological polar surface area (TPSA) is 34.0 Å². The van der Waals surface area contributed by atoms with Gasteiger partial charge in [0.2, 0.25) is 0 Å². The molecule has 0 aliphatic carbocycles. The number of imidazole rings is 1. The van der Waals surface area contributed by atoms with Crippen LogP contribution in [-0.4, -0.2) is 32.5 Å². The van der Waals surface area contributed by atoms with E-state index < -0.39 is 0 Å². The highest BCUT2D eigenvalue weighted by Gasteiger charge is 2.23. The van der Waals surface area contributed by atoms with Gasteiger partial charge in [-0.05, 0) is 43.6 Å². The van der Waals surface area contributed by atoms with Gasteiger partial charge >= 0.3 is 0 Å². The van der Waals surface area contributed by atoms with E-state index >= 15 is 0 Å². The lowest BCUT2D eigenvalue weighted by Crippen LogP contribution is -2.36. The number of nitrogens with zero attached hydrogens (tertiary/aromatic N) is 4. The molecule has 0 bridgehead atoms. The van der Waals surface area contributed by atoms with Crippen LogP contribution in [0.2, 0.25) is 0 Å². The quantitative estimate of drug-likeness (QED) is 0.703. The normalized spacial score (nSPS) is 16.6. The molecule has 1 saturated heterocycles. The van der Waals surface area contributed by atoms with Gasteiger partial charge < -0.3 is 4.57 Å². The molecule has 0 saturated carbocycles. The van der Waals surface area contributed by atoms with Crippen molar-refractivity contribution in [3.8, 4) is 11.4 Å². The molecule has 3 heterocycles. The Morgan fingerprint density at radius 1 is 0.880 bits per heavy atom. The molecule has 128 valence electrons. The van der Waals surface area contributed by atoms with E-state index in [2.05, 4.69) is 56.0 Å². The van der Waals surface area contributed by atoms with Crippen molar-refractivity contribution in [1.29, 1.82) is 0 Å². The van der Waals surface area contributed by atoms with Crippen molar-refractivity contribution >= 4 is 0 Å². The number of pyridine rings is 1. The van der Waals surface area contributed by atoms with E-state index in [1.807, 2.05) is 30.7 Å². The summed E-state index contributed by atoms with van der Waals surface area (Å²) in [4.78, 5) is 11.4. The standard InChI is InChI=1S/C21H24N4/c1-3-7-18(8-4-1)20(24-14-5-2-6-15-24)17-25-16-13-23-21(25)19-9-11-22-12-10-19/h1,3-4,7-13,16,20H,2,5-6,14-15,17H2/t20-/m0/s1. The molecule has 1 aliphatic heterocycles. The van der Waals surface area contributed by atoms with Gasteiger partial charge in [0.25, 0.3) is 0 Å². The first-order chi connectivity index (χ1) is 12.4. The van der Waals surface area contributed by atoms with Crippen molar-refractivity contribution in [2.24, 2.45) is 0 Å². The zero-order chi connectivity index (χ0) is 16.9. The molecule has 1 aliphatic rings. The molecule has 0 spiro atoms. The van der Waals surface area contributed by atoms with Gasteiger partial charge in [-0.3, -0.25) is 9.88 Å². The summed E-state index contributed by atoms with van der Waals surface area (Å²) >= 11 is 0. The molecule has 1 atom stereocenters. The van der Waals surface area contributed by atoms with Crippen LogP contribution in [0.1, 0.15) is 30.9 Å². The van der Waals surface area contributed by atoms with E-state index in [4.69, 9.17) is 0 Å². The summed E-state index contributed by atoms with van der Waals surface area (Å²) in [6.45, 7) is 3.28. The van der Waals surface area contributed by atoms with Crippen LogP contribution < -0.4 is 0 Å². The third-order valence-corrected chi connectivity index (χ3v) is 5.04. The first kappa shape index (κ1) is 16.0. The summed E-state index contributed by atoms with van der Waals surface area (Å²) in [5.41, 5.74) is 2.50. The van der Waals surface area contributed by atoms with Crippen molar-refractivity contribution in [3.63, 3.8) is 0 Å². The fourth-order valence-electron chi connectivity index (χ4n) is 3.74. The van der Waals surface area contributed by atoms with E-state index in [1.54, 1.807) is 0 Å². The SMILES string of the molecule is c1ccc([C@H](Cn2ccnc2-c2ccncc2)N2CCCCC2)cc1. The minimum absolute atomic E-state index is 0.385. The Labute approximate surface area is 149 Å². The Balaban J connectivity index is 1.64. The molecule has 0 radical (unpaired) electrons. The fraction of sp³-hybridized carbons (Fsp3) is 0.333. The monoisotopic (exact) mass is 332 g/mol. The van der Waals surface area contributed by atoms with Crippen LogP contribution in [0.15, 0.2) is 67.3 Å². The molecule has 4 heteroatoms. The van der Waals surface area contributed by atoms with Crippen molar-refractivity contribution in [2.75, 3.05) is 13.1 Å². The number of piperidine rings is 1. The highest BCUT2D eigenvalue weighted by Crippen LogP contribution is 2.28. The Morgan fingerprint density at radius 2 is 1.64 bits per heavy atom. The largest absolute Gasteiger partial charge is 0.329 e. The van der Waals surface area contributed by atoms with Gasteiger partial charge in [-0.15, -0.1) is 0 Å². The zero-order valence-electron chi connectivity index (χ0n) is 14.5. The second-order valence-corrected chi connectivity index (χ2v) is 6.66. The van der Waals surface area contributed by atoms with Crippen molar-refractivity contribution in [3.05, 3.63) is 72.8 Å². The molecule has 0 unspecified atom stereocenters. The van der Waals surface area contributed by atoms with Crippen LogP contribution >= 0.6 is 0 Å². The maximum absolute atomic E-state index is 4.59. The first-order valence-corrected chi connectivity index (χ1v) is 9.12. The number of likely N-dealkylation sites (tertiary alicyclic amines) is 1. The summed E-state index contributed by atoms with van der Waals surface area (Å²) in [5, 5.41) is 0. The number of hydrogen-bond donors (Lipinski definition) is 0. The van der Waals surface area contributed by atoms with E-state index in [9.17, 15) is 0 Å². The summed E-state index contributed by atoms with van der Waals surface area (Å²) in [7, 11) is 0. The van der Waals surface area contributed by atoms with Gasteiger partial charge in [-0.2, -0.15) is 0 Å². The van der Waals surface area contributed by atoms with E-state index in [0.717, 1.165) is 17.9 Å². The van der Waals surface area contributed by atoms with Crippen LogP contribution in [0.25, 0.3) is 11.4 Å². The lowest BCUT2D eigenvalue weighted by Gasteiger charge is -2.35. The Hall–Kier alpha value is -2.46. The lowest BCUT2D eigenvalue weighted by atomic mass is 10.0. The Bertz CT molecular complexity index is 776. The minimum atomic E-state index is 0.385. The van der Waals surface area contributed by atoms with Crippen molar-refractivity contribution < 1.29 is 0 Å². The molecule has 3 aromatic rings. The fourth-order valence-corrected chi connectivity index (χ4v) is 3.74. The molecule has 4 nitrogen and oxygen atoms in total. The Morgan fingerprint density at radius 3 is 2.40 bits per heavy atom. The van der Waals surface area contributed by atoms with E-state index in [-0.39, 0.29) is 0 Å². The highest BCUT2D eigenvalue weighted by atomic mass is 15.2. The summed E-state index contributed by atoms with van der Waals surface area (Å²) in [5.74, 6) is 1.01. The molecule has 0 amide bonds. The number of rotatable bonds is 5. The van der Waals surface area contributed by atoms with Gasteiger partial charge in [0.1, 0.15) is 5.82 Å². The second kappa shape index (κ2) is 7.62. The minimum Gasteiger partial charge on any atom is -0.329 e. The van der Waals surface area contributed by atoms with Crippen LogP contribution in [0.5, 0.6) is 0 Å². The highest BCUT2D eigenvalue weighted by molar-refractivity contribution is 5.54. The van der Waals surface area contributed by atoms with Crippen LogP contribution in [-0.2, 0) is 6.54 Å².